The van der Waals surface area contributed by atoms with E-state index >= 15 is 0 Å². The van der Waals surface area contributed by atoms with E-state index in [1.165, 1.54) is 19.3 Å². The SMILES string of the molecule is C[C@@H]1CCCC[C@H]1OCC(=O)NC1=NCCS1. The summed E-state index contributed by atoms with van der Waals surface area (Å²) in [5.74, 6) is 1.47. The molecule has 1 heterocycles. The molecule has 0 bridgehead atoms. The van der Waals surface area contributed by atoms with Gasteiger partial charge in [0.15, 0.2) is 5.17 Å². The second kappa shape index (κ2) is 6.40. The number of carbonyl (C=O) groups excluding carboxylic acids is 1. The number of aliphatic imine (C=N–C) groups is 1. The fourth-order valence-electron chi connectivity index (χ4n) is 2.28. The van der Waals surface area contributed by atoms with E-state index in [2.05, 4.69) is 17.2 Å². The van der Waals surface area contributed by atoms with Gasteiger partial charge in [0.05, 0.1) is 12.6 Å². The standard InChI is InChI=1S/C12H20N2O2S/c1-9-4-2-3-5-10(9)16-8-11(15)14-12-13-6-7-17-12/h9-10H,2-8H2,1H3,(H,13,14,15)/t9-,10-/m1/s1. The van der Waals surface area contributed by atoms with Gasteiger partial charge in [-0.3, -0.25) is 9.79 Å². The Balaban J connectivity index is 1.68. The molecule has 0 spiro atoms. The normalized spacial score (nSPS) is 28.9. The number of nitrogens with one attached hydrogen (secondary N) is 1. The minimum Gasteiger partial charge on any atom is -0.368 e. The molecule has 1 aliphatic heterocycles. The Morgan fingerprint density at radius 1 is 1.53 bits per heavy atom. The number of nitrogens with zero attached hydrogens (tertiary/aromatic N) is 1. The highest BCUT2D eigenvalue weighted by atomic mass is 32.2. The highest BCUT2D eigenvalue weighted by Gasteiger charge is 2.22. The first-order valence-corrected chi connectivity index (χ1v) is 7.33. The summed E-state index contributed by atoms with van der Waals surface area (Å²) < 4.78 is 5.69. The Bertz CT molecular complexity index is 307. The molecule has 2 atom stereocenters. The van der Waals surface area contributed by atoms with E-state index in [-0.39, 0.29) is 18.6 Å². The molecule has 96 valence electrons. The maximum absolute atomic E-state index is 11.6. The lowest BCUT2D eigenvalue weighted by Gasteiger charge is -2.28. The second-order valence-electron chi connectivity index (χ2n) is 4.69. The van der Waals surface area contributed by atoms with Gasteiger partial charge < -0.3 is 10.1 Å². The van der Waals surface area contributed by atoms with Gasteiger partial charge in [0, 0.05) is 5.75 Å². The quantitative estimate of drug-likeness (QED) is 0.837. The molecule has 0 aromatic rings. The summed E-state index contributed by atoms with van der Waals surface area (Å²) in [6.45, 7) is 3.17. The average Bonchev–Trinajstić information content (AvgIpc) is 2.81. The Kier molecular flexibility index (Phi) is 4.86. The second-order valence-corrected chi connectivity index (χ2v) is 5.78. The van der Waals surface area contributed by atoms with Gasteiger partial charge in [-0.15, -0.1) is 0 Å². The van der Waals surface area contributed by atoms with Gasteiger partial charge in [0.1, 0.15) is 6.61 Å². The zero-order chi connectivity index (χ0) is 12.1. The van der Waals surface area contributed by atoms with Crippen LogP contribution < -0.4 is 5.32 Å². The molecule has 0 radical (unpaired) electrons. The topological polar surface area (TPSA) is 50.7 Å². The van der Waals surface area contributed by atoms with Crippen LogP contribution in [0.4, 0.5) is 0 Å². The number of ether oxygens (including phenoxy) is 1. The van der Waals surface area contributed by atoms with Crippen molar-refractivity contribution in [3.8, 4) is 0 Å². The molecule has 1 amide bonds. The minimum atomic E-state index is -0.0732. The minimum absolute atomic E-state index is 0.0732. The molecule has 17 heavy (non-hydrogen) atoms. The first kappa shape index (κ1) is 12.9. The van der Waals surface area contributed by atoms with Crippen molar-refractivity contribution < 1.29 is 9.53 Å². The zero-order valence-corrected chi connectivity index (χ0v) is 11.1. The molecule has 2 aliphatic rings. The Labute approximate surface area is 107 Å². The highest BCUT2D eigenvalue weighted by Crippen LogP contribution is 2.26. The number of amidine groups is 1. The lowest BCUT2D eigenvalue weighted by atomic mass is 9.88. The van der Waals surface area contributed by atoms with Gasteiger partial charge in [0.25, 0.3) is 5.91 Å². The van der Waals surface area contributed by atoms with Gasteiger partial charge in [-0.1, -0.05) is 31.5 Å². The number of rotatable bonds is 3. The molecule has 0 saturated heterocycles. The molecule has 1 aliphatic carbocycles. The zero-order valence-electron chi connectivity index (χ0n) is 10.3. The Morgan fingerprint density at radius 3 is 3.06 bits per heavy atom. The first-order chi connectivity index (χ1) is 8.25. The van der Waals surface area contributed by atoms with Crippen molar-refractivity contribution in [2.75, 3.05) is 18.9 Å². The molecule has 4 nitrogen and oxygen atoms in total. The lowest BCUT2D eigenvalue weighted by molar-refractivity contribution is -0.128. The summed E-state index contributed by atoms with van der Waals surface area (Å²) in [7, 11) is 0. The number of hydrogen-bond acceptors (Lipinski definition) is 4. The van der Waals surface area contributed by atoms with Crippen molar-refractivity contribution >= 4 is 22.8 Å². The van der Waals surface area contributed by atoms with Crippen LogP contribution >= 0.6 is 11.8 Å². The highest BCUT2D eigenvalue weighted by molar-refractivity contribution is 8.14. The van der Waals surface area contributed by atoms with Crippen molar-refractivity contribution in [1.82, 2.24) is 5.32 Å². The summed E-state index contributed by atoms with van der Waals surface area (Å²) in [5.41, 5.74) is 0. The van der Waals surface area contributed by atoms with E-state index in [0.717, 1.165) is 23.9 Å². The molecule has 0 aromatic heterocycles. The summed E-state index contributed by atoms with van der Waals surface area (Å²) in [5, 5.41) is 3.53. The number of thioether (sulfide) groups is 1. The smallest absolute Gasteiger partial charge is 0.251 e. The van der Waals surface area contributed by atoms with Gasteiger partial charge in [-0.2, -0.15) is 0 Å². The number of amides is 1. The van der Waals surface area contributed by atoms with Crippen molar-refractivity contribution in [3.63, 3.8) is 0 Å². The number of hydrogen-bond donors (Lipinski definition) is 1. The molecule has 5 heteroatoms. The molecule has 1 saturated carbocycles. The molecule has 1 N–H and O–H groups in total. The third kappa shape index (κ3) is 4.00. The molecule has 2 rings (SSSR count). The van der Waals surface area contributed by atoms with Crippen LogP contribution in [0.1, 0.15) is 32.6 Å². The van der Waals surface area contributed by atoms with Crippen molar-refractivity contribution in [1.29, 1.82) is 0 Å². The van der Waals surface area contributed by atoms with Crippen LogP contribution in [-0.2, 0) is 9.53 Å². The van der Waals surface area contributed by atoms with Crippen LogP contribution in [0.2, 0.25) is 0 Å². The summed E-state index contributed by atoms with van der Waals surface area (Å²) in [6, 6.07) is 0. The van der Waals surface area contributed by atoms with Crippen molar-refractivity contribution in [2.24, 2.45) is 10.9 Å². The fourth-order valence-corrected chi connectivity index (χ4v) is 3.02. The Hall–Kier alpha value is -0.550. The lowest BCUT2D eigenvalue weighted by Crippen LogP contribution is -2.34. The molecule has 0 aromatic carbocycles. The summed E-state index contributed by atoms with van der Waals surface area (Å²) >= 11 is 1.60. The van der Waals surface area contributed by atoms with E-state index in [1.54, 1.807) is 11.8 Å². The van der Waals surface area contributed by atoms with Crippen molar-refractivity contribution in [2.45, 2.75) is 38.7 Å². The van der Waals surface area contributed by atoms with Crippen LogP contribution in [0.15, 0.2) is 4.99 Å². The van der Waals surface area contributed by atoms with E-state index < -0.39 is 0 Å². The predicted octanol–water partition coefficient (Wildman–Crippen LogP) is 1.80. The van der Waals surface area contributed by atoms with Gasteiger partial charge in [-0.25, -0.2) is 0 Å². The van der Waals surface area contributed by atoms with Gasteiger partial charge >= 0.3 is 0 Å². The van der Waals surface area contributed by atoms with Crippen LogP contribution in [-0.4, -0.2) is 36.1 Å². The molecule has 0 unspecified atom stereocenters. The third-order valence-corrected chi connectivity index (χ3v) is 4.18. The van der Waals surface area contributed by atoms with Crippen molar-refractivity contribution in [3.05, 3.63) is 0 Å². The van der Waals surface area contributed by atoms with Gasteiger partial charge in [0.2, 0.25) is 0 Å². The predicted molar refractivity (Wildman–Crippen MR) is 70.3 cm³/mol. The van der Waals surface area contributed by atoms with E-state index in [4.69, 9.17) is 4.74 Å². The monoisotopic (exact) mass is 256 g/mol. The largest absolute Gasteiger partial charge is 0.368 e. The van der Waals surface area contributed by atoms with Crippen LogP contribution in [0.25, 0.3) is 0 Å². The summed E-state index contributed by atoms with van der Waals surface area (Å²) in [6.07, 6.45) is 5.08. The maximum atomic E-state index is 11.6. The molecule has 1 fully saturated rings. The fraction of sp³-hybridized carbons (Fsp3) is 0.833. The molecular weight excluding hydrogens is 236 g/mol. The van der Waals surface area contributed by atoms with Gasteiger partial charge in [-0.05, 0) is 18.8 Å². The maximum Gasteiger partial charge on any atom is 0.251 e. The van der Waals surface area contributed by atoms with Crippen LogP contribution in [0.5, 0.6) is 0 Å². The Morgan fingerprint density at radius 2 is 2.35 bits per heavy atom. The van der Waals surface area contributed by atoms with E-state index in [1.807, 2.05) is 0 Å². The molecular formula is C12H20N2O2S. The van der Waals surface area contributed by atoms with E-state index in [0.29, 0.717) is 5.92 Å². The number of carbonyl (C=O) groups is 1. The third-order valence-electron chi connectivity index (χ3n) is 3.29. The summed E-state index contributed by atoms with van der Waals surface area (Å²) in [4.78, 5) is 15.8. The van der Waals surface area contributed by atoms with Crippen LogP contribution in [0.3, 0.4) is 0 Å². The van der Waals surface area contributed by atoms with Crippen LogP contribution in [0, 0.1) is 5.92 Å². The average molecular weight is 256 g/mol. The van der Waals surface area contributed by atoms with E-state index in [9.17, 15) is 4.79 Å². The first-order valence-electron chi connectivity index (χ1n) is 6.34.